The highest BCUT2D eigenvalue weighted by molar-refractivity contribution is 7.45. The number of carbonyl (C=O) groups is 1. The number of unbranched alkanes of at least 4 members (excludes halogenated alkanes) is 30. The van der Waals surface area contributed by atoms with Crippen LogP contribution in [0.15, 0.2) is 72.9 Å². The molecule has 8 nitrogen and oxygen atoms in total. The zero-order valence-corrected chi connectivity index (χ0v) is 48.8. The van der Waals surface area contributed by atoms with Gasteiger partial charge in [0.1, 0.15) is 13.2 Å². The highest BCUT2D eigenvalue weighted by Crippen LogP contribution is 2.38. The van der Waals surface area contributed by atoms with Crippen LogP contribution in [0.4, 0.5) is 0 Å². The Morgan fingerprint density at radius 2 is 0.847 bits per heavy atom. The number of aliphatic hydroxyl groups is 1. The molecule has 0 aromatic carbocycles. The molecule has 0 spiro atoms. The molecular formula is C63H117N2O6P. The summed E-state index contributed by atoms with van der Waals surface area (Å²) in [5, 5.41) is 14.0. The van der Waals surface area contributed by atoms with Crippen LogP contribution >= 0.6 is 7.82 Å². The lowest BCUT2D eigenvalue weighted by Crippen LogP contribution is -2.46. The molecule has 0 bridgehead atoms. The van der Waals surface area contributed by atoms with Gasteiger partial charge in [0.15, 0.2) is 0 Å². The third kappa shape index (κ3) is 55.7. The fourth-order valence-corrected chi connectivity index (χ4v) is 9.47. The largest absolute Gasteiger partial charge is 0.756 e. The van der Waals surface area contributed by atoms with E-state index in [-0.39, 0.29) is 19.1 Å². The predicted octanol–water partition coefficient (Wildman–Crippen LogP) is 18.0. The van der Waals surface area contributed by atoms with Gasteiger partial charge in [-0.2, -0.15) is 0 Å². The first-order valence-electron chi connectivity index (χ1n) is 30.3. The summed E-state index contributed by atoms with van der Waals surface area (Å²) in [5.74, 6) is -0.164. The lowest BCUT2D eigenvalue weighted by molar-refractivity contribution is -0.870. The Balaban J connectivity index is 3.88. The Hall–Kier alpha value is -2.06. The van der Waals surface area contributed by atoms with Crippen molar-refractivity contribution in [1.82, 2.24) is 5.32 Å². The van der Waals surface area contributed by atoms with Gasteiger partial charge < -0.3 is 28.8 Å². The number of likely N-dealkylation sites (N-methyl/N-ethyl adjacent to an activating group) is 1. The first-order chi connectivity index (χ1) is 35.0. The van der Waals surface area contributed by atoms with Crippen LogP contribution in [0.5, 0.6) is 0 Å². The molecule has 2 N–H and O–H groups in total. The number of hydrogen-bond acceptors (Lipinski definition) is 6. The van der Waals surface area contributed by atoms with E-state index in [0.717, 1.165) is 77.0 Å². The summed E-state index contributed by atoms with van der Waals surface area (Å²) in [6.07, 6.45) is 73.9. The van der Waals surface area contributed by atoms with E-state index in [1.807, 2.05) is 21.1 Å². The minimum Gasteiger partial charge on any atom is -0.756 e. The topological polar surface area (TPSA) is 108 Å². The molecule has 0 aliphatic rings. The van der Waals surface area contributed by atoms with Gasteiger partial charge >= 0.3 is 0 Å². The van der Waals surface area contributed by atoms with Crippen LogP contribution in [-0.2, 0) is 18.4 Å². The molecular weight excluding hydrogens is 912 g/mol. The van der Waals surface area contributed by atoms with E-state index in [2.05, 4.69) is 92.1 Å². The average Bonchev–Trinajstić information content (AvgIpc) is 3.34. The van der Waals surface area contributed by atoms with Crippen molar-refractivity contribution in [2.24, 2.45) is 0 Å². The zero-order chi connectivity index (χ0) is 52.7. The number of carbonyl (C=O) groups excluding carboxylic acids is 1. The SMILES string of the molecule is CC/C=C\C/C=C\C/C=C\C/C=C\C/C=C\C/C=C\CCCCCCCCCCCCCCCCCCCCCCC(=O)NC(COP(=O)([O-])OCC[N+](C)(C)C)C(O)CCCCCCCCCCCCC. The van der Waals surface area contributed by atoms with E-state index in [1.54, 1.807) is 0 Å². The maximum atomic E-state index is 13.0. The van der Waals surface area contributed by atoms with Gasteiger partial charge in [-0.3, -0.25) is 9.36 Å². The van der Waals surface area contributed by atoms with E-state index < -0.39 is 20.0 Å². The Labute approximate surface area is 446 Å². The average molecular weight is 1030 g/mol. The van der Waals surface area contributed by atoms with Crippen molar-refractivity contribution in [2.75, 3.05) is 40.9 Å². The summed E-state index contributed by atoms with van der Waals surface area (Å²) in [6, 6.07) is -0.799. The molecule has 0 fully saturated rings. The molecule has 0 rings (SSSR count). The van der Waals surface area contributed by atoms with E-state index in [0.29, 0.717) is 23.9 Å². The summed E-state index contributed by atoms with van der Waals surface area (Å²) >= 11 is 0. The number of quaternary nitrogens is 1. The normalized spacial score (nSPS) is 14.4. The lowest BCUT2D eigenvalue weighted by atomic mass is 10.0. The van der Waals surface area contributed by atoms with E-state index >= 15 is 0 Å². The Morgan fingerprint density at radius 1 is 0.500 bits per heavy atom. The number of hydrogen-bond donors (Lipinski definition) is 2. The lowest BCUT2D eigenvalue weighted by Gasteiger charge is -2.30. The smallest absolute Gasteiger partial charge is 0.268 e. The van der Waals surface area contributed by atoms with Gasteiger partial charge in [-0.15, -0.1) is 0 Å². The molecule has 3 atom stereocenters. The predicted molar refractivity (Wildman–Crippen MR) is 311 cm³/mol. The molecule has 3 unspecified atom stereocenters. The minimum absolute atomic E-state index is 0.0121. The summed E-state index contributed by atoms with van der Waals surface area (Å²) in [4.78, 5) is 25.5. The number of phosphoric ester groups is 1. The fourth-order valence-electron chi connectivity index (χ4n) is 8.75. The molecule has 420 valence electrons. The molecule has 0 aliphatic heterocycles. The number of aliphatic hydroxyl groups excluding tert-OH is 1. The molecule has 0 radical (unpaired) electrons. The van der Waals surface area contributed by atoms with Crippen LogP contribution in [0, 0.1) is 0 Å². The van der Waals surface area contributed by atoms with Gasteiger partial charge in [-0.25, -0.2) is 0 Å². The second-order valence-corrected chi connectivity index (χ2v) is 23.1. The van der Waals surface area contributed by atoms with Crippen molar-refractivity contribution >= 4 is 13.7 Å². The van der Waals surface area contributed by atoms with Crippen molar-refractivity contribution in [1.29, 1.82) is 0 Å². The van der Waals surface area contributed by atoms with Gasteiger partial charge in [-0.1, -0.05) is 273 Å². The van der Waals surface area contributed by atoms with Gasteiger partial charge in [0.2, 0.25) is 5.91 Å². The molecule has 0 saturated carbocycles. The Kier molecular flexibility index (Phi) is 52.2. The van der Waals surface area contributed by atoms with Crippen molar-refractivity contribution in [3.8, 4) is 0 Å². The molecule has 72 heavy (non-hydrogen) atoms. The third-order valence-electron chi connectivity index (χ3n) is 13.5. The highest BCUT2D eigenvalue weighted by atomic mass is 31.2. The van der Waals surface area contributed by atoms with Crippen LogP contribution in [-0.4, -0.2) is 68.5 Å². The van der Waals surface area contributed by atoms with Crippen molar-refractivity contribution in [3.63, 3.8) is 0 Å². The van der Waals surface area contributed by atoms with Crippen molar-refractivity contribution < 1.29 is 32.9 Å². The van der Waals surface area contributed by atoms with Crippen molar-refractivity contribution in [3.05, 3.63) is 72.9 Å². The summed E-state index contributed by atoms with van der Waals surface area (Å²) in [5.41, 5.74) is 0. The maximum Gasteiger partial charge on any atom is 0.268 e. The van der Waals surface area contributed by atoms with E-state index in [4.69, 9.17) is 9.05 Å². The fraction of sp³-hybridized carbons (Fsp3) is 0.794. The van der Waals surface area contributed by atoms with Crippen LogP contribution in [0.1, 0.15) is 271 Å². The number of allylic oxidation sites excluding steroid dienone is 12. The van der Waals surface area contributed by atoms with Crippen LogP contribution in [0.3, 0.4) is 0 Å². The molecule has 0 aliphatic carbocycles. The molecule has 0 aromatic rings. The first-order valence-corrected chi connectivity index (χ1v) is 31.7. The van der Waals surface area contributed by atoms with Crippen LogP contribution in [0.2, 0.25) is 0 Å². The number of phosphoric acid groups is 1. The number of nitrogens with one attached hydrogen (secondary N) is 1. The van der Waals surface area contributed by atoms with Gasteiger partial charge in [0, 0.05) is 6.42 Å². The van der Waals surface area contributed by atoms with Gasteiger partial charge in [0.25, 0.3) is 7.82 Å². The molecule has 0 heterocycles. The zero-order valence-electron chi connectivity index (χ0n) is 47.9. The van der Waals surface area contributed by atoms with E-state index in [1.165, 1.54) is 167 Å². The highest BCUT2D eigenvalue weighted by Gasteiger charge is 2.24. The van der Waals surface area contributed by atoms with Gasteiger partial charge in [-0.05, 0) is 64.2 Å². The molecule has 0 saturated heterocycles. The van der Waals surface area contributed by atoms with Gasteiger partial charge in [0.05, 0.1) is 39.9 Å². The number of nitrogens with zero attached hydrogens (tertiary/aromatic N) is 1. The summed E-state index contributed by atoms with van der Waals surface area (Å²) < 4.78 is 23.4. The first kappa shape index (κ1) is 69.9. The Bertz CT molecular complexity index is 1400. The molecule has 0 aromatic heterocycles. The number of amides is 1. The number of rotatable bonds is 55. The van der Waals surface area contributed by atoms with E-state index in [9.17, 15) is 19.4 Å². The Morgan fingerprint density at radius 3 is 1.24 bits per heavy atom. The third-order valence-corrected chi connectivity index (χ3v) is 14.4. The minimum atomic E-state index is -4.57. The second kappa shape index (κ2) is 53.8. The standard InChI is InChI=1S/C63H117N2O6P/c1-6-8-10-12-14-16-18-19-20-21-22-23-24-25-26-27-28-29-30-31-32-33-34-35-36-37-38-39-40-41-42-43-44-45-47-49-51-53-55-57-63(67)64-61(60-71-72(68,69)70-59-58-65(3,4)5)62(66)56-54-52-50-48-46-17-15-13-11-9-7-2/h8,10,14,16,19-20,22-23,25-26,28-29,61-62,66H,6-7,9,11-13,15,17-18,21,24,27,30-60H2,1-5H3,(H-,64,67,68,69)/b10-8-,16-14-,20-19-,23-22-,26-25-,29-28-. The quantitative estimate of drug-likeness (QED) is 0.0272. The second-order valence-electron chi connectivity index (χ2n) is 21.7. The molecule has 9 heteroatoms. The van der Waals surface area contributed by atoms with Crippen LogP contribution in [0.25, 0.3) is 0 Å². The maximum absolute atomic E-state index is 13.0. The molecule has 1 amide bonds. The van der Waals surface area contributed by atoms with Crippen LogP contribution < -0.4 is 10.2 Å². The summed E-state index contributed by atoms with van der Waals surface area (Å²) in [7, 11) is 1.31. The monoisotopic (exact) mass is 1030 g/mol. The van der Waals surface area contributed by atoms with Crippen molar-refractivity contribution in [2.45, 2.75) is 283 Å². The summed E-state index contributed by atoms with van der Waals surface area (Å²) in [6.45, 7) is 4.61.